The minimum atomic E-state index is -0.455. The van der Waals surface area contributed by atoms with Gasteiger partial charge in [-0.3, -0.25) is 4.79 Å². The second-order valence-corrected chi connectivity index (χ2v) is 3.87. The Morgan fingerprint density at radius 2 is 2.35 bits per heavy atom. The van der Waals surface area contributed by atoms with Crippen molar-refractivity contribution in [2.24, 2.45) is 5.73 Å². The number of amides is 1. The van der Waals surface area contributed by atoms with E-state index < -0.39 is 5.91 Å². The number of aromatic nitrogens is 2. The molecule has 0 aliphatic carbocycles. The van der Waals surface area contributed by atoms with Crippen LogP contribution in [0.25, 0.3) is 11.4 Å². The van der Waals surface area contributed by atoms with Gasteiger partial charge in [0.2, 0.25) is 5.91 Å². The van der Waals surface area contributed by atoms with Gasteiger partial charge in [0.05, 0.1) is 12.1 Å². The van der Waals surface area contributed by atoms with Gasteiger partial charge < -0.3 is 15.0 Å². The number of benzene rings is 1. The highest BCUT2D eigenvalue weighted by Crippen LogP contribution is 2.31. The third-order valence-corrected chi connectivity index (χ3v) is 2.81. The molecule has 1 aromatic heterocycles. The average molecular weight is 229 g/mol. The molecule has 3 rings (SSSR count). The molecule has 5 heteroatoms. The molecule has 0 bridgehead atoms. The molecule has 0 atom stereocenters. The van der Waals surface area contributed by atoms with Crippen LogP contribution in [0.4, 0.5) is 0 Å². The van der Waals surface area contributed by atoms with E-state index in [1.807, 2.05) is 16.8 Å². The van der Waals surface area contributed by atoms with E-state index >= 15 is 0 Å². The predicted octanol–water partition coefficient (Wildman–Crippen LogP) is 1.04. The van der Waals surface area contributed by atoms with E-state index in [0.717, 1.165) is 17.9 Å². The molecule has 0 unspecified atom stereocenters. The summed E-state index contributed by atoms with van der Waals surface area (Å²) in [6, 6.07) is 5.18. The molecule has 0 spiro atoms. The standard InChI is InChI=1S/C12H11N3O2/c13-11(16)8-1-2-9-10(7-8)17-6-5-15-4-3-14-12(9)15/h1-4,7H,5-6H2,(H2,13,16). The summed E-state index contributed by atoms with van der Waals surface area (Å²) in [6.07, 6.45) is 3.67. The normalized spacial score (nSPS) is 13.2. The summed E-state index contributed by atoms with van der Waals surface area (Å²) in [5.74, 6) is 1.06. The van der Waals surface area contributed by atoms with Crippen molar-refractivity contribution in [2.45, 2.75) is 6.54 Å². The Morgan fingerprint density at radius 1 is 1.47 bits per heavy atom. The first-order valence-corrected chi connectivity index (χ1v) is 5.34. The number of fused-ring (bicyclic) bond motifs is 3. The molecule has 1 amide bonds. The van der Waals surface area contributed by atoms with E-state index in [1.165, 1.54) is 0 Å². The number of rotatable bonds is 1. The number of hydrogen-bond donors (Lipinski definition) is 1. The van der Waals surface area contributed by atoms with Crippen LogP contribution in [0.3, 0.4) is 0 Å². The highest BCUT2D eigenvalue weighted by atomic mass is 16.5. The van der Waals surface area contributed by atoms with Crippen molar-refractivity contribution in [3.63, 3.8) is 0 Å². The van der Waals surface area contributed by atoms with E-state index in [1.54, 1.807) is 18.3 Å². The minimum Gasteiger partial charge on any atom is -0.491 e. The Bertz CT molecular complexity index is 589. The molecular formula is C12H11N3O2. The van der Waals surface area contributed by atoms with Gasteiger partial charge in [-0.25, -0.2) is 4.98 Å². The van der Waals surface area contributed by atoms with Gasteiger partial charge in [-0.1, -0.05) is 0 Å². The fourth-order valence-electron chi connectivity index (χ4n) is 1.97. The van der Waals surface area contributed by atoms with Crippen molar-refractivity contribution in [3.05, 3.63) is 36.2 Å². The summed E-state index contributed by atoms with van der Waals surface area (Å²) >= 11 is 0. The Morgan fingerprint density at radius 3 is 3.18 bits per heavy atom. The highest BCUT2D eigenvalue weighted by molar-refractivity contribution is 5.94. The summed E-state index contributed by atoms with van der Waals surface area (Å²) in [7, 11) is 0. The third-order valence-electron chi connectivity index (χ3n) is 2.81. The number of ether oxygens (including phenoxy) is 1. The molecule has 2 aromatic rings. The SMILES string of the molecule is NC(=O)c1ccc2c(c1)OCCn1ccnc1-2. The zero-order valence-corrected chi connectivity index (χ0v) is 9.09. The average Bonchev–Trinajstić information content (AvgIpc) is 2.71. The van der Waals surface area contributed by atoms with E-state index in [2.05, 4.69) is 4.98 Å². The maximum Gasteiger partial charge on any atom is 0.248 e. The number of carbonyl (C=O) groups excluding carboxylic acids is 1. The summed E-state index contributed by atoms with van der Waals surface area (Å²) < 4.78 is 7.64. The van der Waals surface area contributed by atoms with Gasteiger partial charge in [-0.05, 0) is 18.2 Å². The monoisotopic (exact) mass is 229 g/mol. The second-order valence-electron chi connectivity index (χ2n) is 3.87. The maximum absolute atomic E-state index is 11.1. The molecule has 86 valence electrons. The van der Waals surface area contributed by atoms with Gasteiger partial charge in [0, 0.05) is 18.0 Å². The Kier molecular flexibility index (Phi) is 2.11. The molecule has 2 N–H and O–H groups in total. The maximum atomic E-state index is 11.1. The van der Waals surface area contributed by atoms with E-state index in [0.29, 0.717) is 17.9 Å². The lowest BCUT2D eigenvalue weighted by atomic mass is 10.1. The van der Waals surface area contributed by atoms with Crippen LogP contribution in [0.2, 0.25) is 0 Å². The molecule has 0 radical (unpaired) electrons. The van der Waals surface area contributed by atoms with Gasteiger partial charge >= 0.3 is 0 Å². The second kappa shape index (κ2) is 3.62. The minimum absolute atomic E-state index is 0.448. The lowest BCUT2D eigenvalue weighted by Gasteiger charge is -2.07. The lowest BCUT2D eigenvalue weighted by Crippen LogP contribution is -2.11. The van der Waals surface area contributed by atoms with Crippen LogP contribution in [-0.4, -0.2) is 22.1 Å². The number of nitrogens with zero attached hydrogens (tertiary/aromatic N) is 2. The van der Waals surface area contributed by atoms with Crippen LogP contribution in [-0.2, 0) is 6.54 Å². The van der Waals surface area contributed by atoms with Crippen molar-refractivity contribution in [1.82, 2.24) is 9.55 Å². The Hall–Kier alpha value is -2.30. The first-order chi connectivity index (χ1) is 8.25. The van der Waals surface area contributed by atoms with E-state index in [9.17, 15) is 4.79 Å². The van der Waals surface area contributed by atoms with E-state index in [4.69, 9.17) is 10.5 Å². The summed E-state index contributed by atoms with van der Waals surface area (Å²) in [5.41, 5.74) is 6.58. The fourth-order valence-corrected chi connectivity index (χ4v) is 1.97. The summed E-state index contributed by atoms with van der Waals surface area (Å²) in [5, 5.41) is 0. The van der Waals surface area contributed by atoms with Crippen molar-refractivity contribution < 1.29 is 9.53 Å². The van der Waals surface area contributed by atoms with Gasteiger partial charge in [-0.2, -0.15) is 0 Å². The molecule has 5 nitrogen and oxygen atoms in total. The quantitative estimate of drug-likeness (QED) is 0.794. The Balaban J connectivity index is 2.18. The van der Waals surface area contributed by atoms with Crippen LogP contribution in [0.5, 0.6) is 5.75 Å². The van der Waals surface area contributed by atoms with Crippen LogP contribution >= 0.6 is 0 Å². The van der Waals surface area contributed by atoms with Crippen LogP contribution < -0.4 is 10.5 Å². The molecule has 0 fully saturated rings. The fraction of sp³-hybridized carbons (Fsp3) is 0.167. The molecule has 0 saturated heterocycles. The van der Waals surface area contributed by atoms with Gasteiger partial charge in [-0.15, -0.1) is 0 Å². The smallest absolute Gasteiger partial charge is 0.248 e. The number of hydrogen-bond acceptors (Lipinski definition) is 3. The first-order valence-electron chi connectivity index (χ1n) is 5.34. The van der Waals surface area contributed by atoms with Crippen LogP contribution in [0, 0.1) is 0 Å². The number of nitrogens with two attached hydrogens (primary N) is 1. The van der Waals surface area contributed by atoms with Crippen LogP contribution in [0.1, 0.15) is 10.4 Å². The van der Waals surface area contributed by atoms with Gasteiger partial charge in [0.1, 0.15) is 18.2 Å². The third kappa shape index (κ3) is 1.56. The number of carbonyl (C=O) groups is 1. The molecular weight excluding hydrogens is 218 g/mol. The first kappa shape index (κ1) is 9.89. The summed E-state index contributed by atoms with van der Waals surface area (Å²) in [4.78, 5) is 15.4. The van der Waals surface area contributed by atoms with Crippen molar-refractivity contribution in [1.29, 1.82) is 0 Å². The zero-order chi connectivity index (χ0) is 11.8. The van der Waals surface area contributed by atoms with Gasteiger partial charge in [0.15, 0.2) is 0 Å². The van der Waals surface area contributed by atoms with E-state index in [-0.39, 0.29) is 0 Å². The lowest BCUT2D eigenvalue weighted by molar-refractivity contribution is 0.1000. The summed E-state index contributed by atoms with van der Waals surface area (Å²) in [6.45, 7) is 1.30. The molecule has 1 aliphatic rings. The molecule has 1 aliphatic heterocycles. The van der Waals surface area contributed by atoms with Crippen LogP contribution in [0.15, 0.2) is 30.6 Å². The van der Waals surface area contributed by atoms with Crippen molar-refractivity contribution >= 4 is 5.91 Å². The van der Waals surface area contributed by atoms with Crippen molar-refractivity contribution in [3.8, 4) is 17.1 Å². The van der Waals surface area contributed by atoms with Crippen molar-refractivity contribution in [2.75, 3.05) is 6.61 Å². The highest BCUT2D eigenvalue weighted by Gasteiger charge is 2.17. The number of imidazole rings is 1. The van der Waals surface area contributed by atoms with Gasteiger partial charge in [0.25, 0.3) is 0 Å². The predicted molar refractivity (Wildman–Crippen MR) is 61.7 cm³/mol. The zero-order valence-electron chi connectivity index (χ0n) is 9.09. The molecule has 2 heterocycles. The Labute approximate surface area is 97.8 Å². The number of primary amides is 1. The molecule has 1 aromatic carbocycles. The molecule has 0 saturated carbocycles. The molecule has 17 heavy (non-hydrogen) atoms. The largest absolute Gasteiger partial charge is 0.491 e. The topological polar surface area (TPSA) is 70.1 Å².